The molecule has 2 rings (SSSR count). The summed E-state index contributed by atoms with van der Waals surface area (Å²) < 4.78 is 5.38. The smallest absolute Gasteiger partial charge is 0.0947 e. The molecule has 2 unspecified atom stereocenters. The van der Waals surface area contributed by atoms with Gasteiger partial charge in [-0.3, -0.25) is 4.90 Å². The molecule has 0 amide bonds. The number of rotatable bonds is 5. The topological polar surface area (TPSA) is 32.7 Å². The van der Waals surface area contributed by atoms with Crippen molar-refractivity contribution >= 4 is 0 Å². The Kier molecular flexibility index (Phi) is 4.75. The van der Waals surface area contributed by atoms with Crippen LogP contribution >= 0.6 is 0 Å². The van der Waals surface area contributed by atoms with Gasteiger partial charge in [-0.1, -0.05) is 24.3 Å². The number of hydrogen-bond donors (Lipinski definition) is 1. The van der Waals surface area contributed by atoms with E-state index in [-0.39, 0.29) is 12.1 Å². The number of aliphatic hydroxyl groups excluding tert-OH is 1. The van der Waals surface area contributed by atoms with E-state index in [4.69, 9.17) is 4.74 Å². The third-order valence-electron chi connectivity index (χ3n) is 3.81. The third kappa shape index (κ3) is 2.91. The quantitative estimate of drug-likeness (QED) is 0.810. The molecule has 0 aliphatic heterocycles. The van der Waals surface area contributed by atoms with E-state index in [1.807, 2.05) is 25.1 Å². The van der Waals surface area contributed by atoms with E-state index in [2.05, 4.69) is 18.0 Å². The number of fused-ring (bicyclic) bond motifs is 1. The Balaban J connectivity index is 2.00. The van der Waals surface area contributed by atoms with Crippen LogP contribution in [0.2, 0.25) is 0 Å². The first-order valence-electron chi connectivity index (χ1n) is 6.78. The summed E-state index contributed by atoms with van der Waals surface area (Å²) in [7, 11) is 2.07. The van der Waals surface area contributed by atoms with E-state index in [0.29, 0.717) is 0 Å². The van der Waals surface area contributed by atoms with E-state index < -0.39 is 0 Å². The first kappa shape index (κ1) is 13.5. The van der Waals surface area contributed by atoms with Gasteiger partial charge in [0.25, 0.3) is 0 Å². The van der Waals surface area contributed by atoms with Crippen LogP contribution in [0.1, 0.15) is 30.6 Å². The SMILES string of the molecule is CCOCCN(C)C1CCc2ccccc2C1O. The van der Waals surface area contributed by atoms with E-state index in [1.165, 1.54) is 5.56 Å². The number of ether oxygens (including phenoxy) is 1. The molecule has 3 heteroatoms. The van der Waals surface area contributed by atoms with Crippen molar-refractivity contribution < 1.29 is 9.84 Å². The zero-order chi connectivity index (χ0) is 13.0. The molecule has 2 atom stereocenters. The summed E-state index contributed by atoms with van der Waals surface area (Å²) in [6.07, 6.45) is 1.69. The lowest BCUT2D eigenvalue weighted by Gasteiger charge is -2.36. The maximum atomic E-state index is 10.5. The van der Waals surface area contributed by atoms with Crippen molar-refractivity contribution in [1.29, 1.82) is 0 Å². The van der Waals surface area contributed by atoms with Crippen LogP contribution < -0.4 is 0 Å². The Morgan fingerprint density at radius 3 is 2.94 bits per heavy atom. The fourth-order valence-electron chi connectivity index (χ4n) is 2.70. The van der Waals surface area contributed by atoms with Crippen molar-refractivity contribution in [3.8, 4) is 0 Å². The largest absolute Gasteiger partial charge is 0.387 e. The van der Waals surface area contributed by atoms with Gasteiger partial charge in [0.05, 0.1) is 12.7 Å². The van der Waals surface area contributed by atoms with Crippen LogP contribution in [0.4, 0.5) is 0 Å². The minimum absolute atomic E-state index is 0.209. The lowest BCUT2D eigenvalue weighted by Crippen LogP contribution is -2.41. The zero-order valence-corrected chi connectivity index (χ0v) is 11.3. The van der Waals surface area contributed by atoms with Crippen molar-refractivity contribution in [3.05, 3.63) is 35.4 Å². The Hall–Kier alpha value is -0.900. The van der Waals surface area contributed by atoms with Gasteiger partial charge in [0.2, 0.25) is 0 Å². The normalized spacial score (nSPS) is 23.1. The second-order valence-corrected chi connectivity index (χ2v) is 4.93. The third-order valence-corrected chi connectivity index (χ3v) is 3.81. The fourth-order valence-corrected chi connectivity index (χ4v) is 2.70. The van der Waals surface area contributed by atoms with Crippen LogP contribution in [-0.4, -0.2) is 42.9 Å². The first-order chi connectivity index (χ1) is 8.74. The predicted molar refractivity (Wildman–Crippen MR) is 72.6 cm³/mol. The van der Waals surface area contributed by atoms with Crippen molar-refractivity contribution in [1.82, 2.24) is 4.90 Å². The molecule has 1 aromatic rings. The van der Waals surface area contributed by atoms with E-state index in [1.54, 1.807) is 0 Å². The second-order valence-electron chi connectivity index (χ2n) is 4.93. The molecule has 3 nitrogen and oxygen atoms in total. The number of hydrogen-bond acceptors (Lipinski definition) is 3. The fraction of sp³-hybridized carbons (Fsp3) is 0.600. The van der Waals surface area contributed by atoms with Crippen LogP contribution in [0, 0.1) is 0 Å². The van der Waals surface area contributed by atoms with Crippen LogP contribution in [0.15, 0.2) is 24.3 Å². The summed E-state index contributed by atoms with van der Waals surface area (Å²) in [5.41, 5.74) is 2.39. The summed E-state index contributed by atoms with van der Waals surface area (Å²) in [6.45, 7) is 4.37. The summed E-state index contributed by atoms with van der Waals surface area (Å²) in [5.74, 6) is 0. The number of aryl methyl sites for hydroxylation is 1. The lowest BCUT2D eigenvalue weighted by molar-refractivity contribution is 0.0317. The van der Waals surface area contributed by atoms with E-state index in [9.17, 15) is 5.11 Å². The van der Waals surface area contributed by atoms with Crippen LogP contribution in [-0.2, 0) is 11.2 Å². The summed E-state index contributed by atoms with van der Waals surface area (Å²) in [4.78, 5) is 2.22. The molecule has 0 heterocycles. The van der Waals surface area contributed by atoms with Gasteiger partial charge in [-0.15, -0.1) is 0 Å². The number of benzene rings is 1. The molecule has 1 aliphatic rings. The molecule has 0 radical (unpaired) electrons. The van der Waals surface area contributed by atoms with Crippen molar-refractivity contribution in [2.45, 2.75) is 31.9 Å². The highest BCUT2D eigenvalue weighted by Crippen LogP contribution is 2.32. The van der Waals surface area contributed by atoms with Gasteiger partial charge >= 0.3 is 0 Å². The molecular formula is C15H23NO2. The lowest BCUT2D eigenvalue weighted by atomic mass is 9.85. The molecule has 1 aromatic carbocycles. The Labute approximate surface area is 109 Å². The monoisotopic (exact) mass is 249 g/mol. The minimum Gasteiger partial charge on any atom is -0.387 e. The number of aliphatic hydroxyl groups is 1. The molecule has 100 valence electrons. The molecule has 0 saturated carbocycles. The van der Waals surface area contributed by atoms with Gasteiger partial charge in [0.1, 0.15) is 0 Å². The molecular weight excluding hydrogens is 226 g/mol. The maximum Gasteiger partial charge on any atom is 0.0947 e. The second kappa shape index (κ2) is 6.32. The molecule has 18 heavy (non-hydrogen) atoms. The van der Waals surface area contributed by atoms with E-state index in [0.717, 1.165) is 38.2 Å². The molecule has 0 fully saturated rings. The first-order valence-corrected chi connectivity index (χ1v) is 6.78. The highest BCUT2D eigenvalue weighted by atomic mass is 16.5. The predicted octanol–water partition coefficient (Wildman–Crippen LogP) is 2.00. The highest BCUT2D eigenvalue weighted by molar-refractivity contribution is 5.32. The average molecular weight is 249 g/mol. The molecule has 0 spiro atoms. The van der Waals surface area contributed by atoms with Crippen molar-refractivity contribution in [3.63, 3.8) is 0 Å². The van der Waals surface area contributed by atoms with Crippen molar-refractivity contribution in [2.75, 3.05) is 26.8 Å². The van der Waals surface area contributed by atoms with Crippen LogP contribution in [0.5, 0.6) is 0 Å². The Morgan fingerprint density at radius 1 is 1.39 bits per heavy atom. The molecule has 1 aliphatic carbocycles. The maximum absolute atomic E-state index is 10.5. The number of nitrogens with zero attached hydrogens (tertiary/aromatic N) is 1. The standard InChI is InChI=1S/C15H23NO2/c1-3-18-11-10-16(2)14-9-8-12-6-4-5-7-13(12)15(14)17/h4-7,14-15,17H,3,8-11H2,1-2H3. The van der Waals surface area contributed by atoms with Gasteiger partial charge in [-0.05, 0) is 37.9 Å². The van der Waals surface area contributed by atoms with Gasteiger partial charge in [-0.2, -0.15) is 0 Å². The molecule has 0 bridgehead atoms. The minimum atomic E-state index is -0.374. The van der Waals surface area contributed by atoms with Crippen molar-refractivity contribution in [2.24, 2.45) is 0 Å². The highest BCUT2D eigenvalue weighted by Gasteiger charge is 2.30. The Morgan fingerprint density at radius 2 is 2.17 bits per heavy atom. The molecule has 1 N–H and O–H groups in total. The number of likely N-dealkylation sites (N-methyl/N-ethyl adjacent to an activating group) is 1. The Bertz CT molecular complexity index is 381. The zero-order valence-electron chi connectivity index (χ0n) is 11.3. The van der Waals surface area contributed by atoms with Gasteiger partial charge in [0, 0.05) is 19.2 Å². The van der Waals surface area contributed by atoms with Gasteiger partial charge in [-0.25, -0.2) is 0 Å². The van der Waals surface area contributed by atoms with E-state index >= 15 is 0 Å². The molecule has 0 aromatic heterocycles. The summed E-state index contributed by atoms with van der Waals surface area (Å²) >= 11 is 0. The molecule has 0 saturated heterocycles. The van der Waals surface area contributed by atoms with Crippen LogP contribution in [0.3, 0.4) is 0 Å². The van der Waals surface area contributed by atoms with Crippen LogP contribution in [0.25, 0.3) is 0 Å². The van der Waals surface area contributed by atoms with Gasteiger partial charge < -0.3 is 9.84 Å². The summed E-state index contributed by atoms with van der Waals surface area (Å²) in [6, 6.07) is 8.42. The van der Waals surface area contributed by atoms with Gasteiger partial charge in [0.15, 0.2) is 0 Å². The average Bonchev–Trinajstić information content (AvgIpc) is 2.39. The summed E-state index contributed by atoms with van der Waals surface area (Å²) in [5, 5.41) is 10.5.